The molecule has 0 radical (unpaired) electrons. The summed E-state index contributed by atoms with van der Waals surface area (Å²) < 4.78 is 27.7. The summed E-state index contributed by atoms with van der Waals surface area (Å²) in [5, 5.41) is 13.3. The largest absolute Gasteiger partial charge is 0.312 e. The number of nitrogens with one attached hydrogen (secondary N) is 1. The van der Waals surface area contributed by atoms with Crippen molar-refractivity contribution in [2.75, 3.05) is 18.9 Å². The number of thiophene rings is 1. The number of carbonyl (C=O) groups is 1. The molecule has 3 aromatic rings. The van der Waals surface area contributed by atoms with Gasteiger partial charge in [-0.05, 0) is 54.7 Å². The molecule has 9 heteroatoms. The third kappa shape index (κ3) is 5.54. The number of carbonyl (C=O) groups excluding carboxylic acids is 1. The number of nitriles is 1. The van der Waals surface area contributed by atoms with Crippen LogP contribution in [0.4, 0.5) is 5.00 Å². The van der Waals surface area contributed by atoms with Gasteiger partial charge in [0.2, 0.25) is 10.0 Å². The molecule has 1 aliphatic heterocycles. The van der Waals surface area contributed by atoms with E-state index in [1.165, 1.54) is 45.5 Å². The number of anilines is 1. The summed E-state index contributed by atoms with van der Waals surface area (Å²) in [5.74, 6) is -0.356. The van der Waals surface area contributed by atoms with Crippen LogP contribution in [0.3, 0.4) is 0 Å². The quantitative estimate of drug-likeness (QED) is 0.428. The Labute approximate surface area is 228 Å². The van der Waals surface area contributed by atoms with Gasteiger partial charge in [-0.15, -0.1) is 11.3 Å². The van der Waals surface area contributed by atoms with Crippen molar-refractivity contribution in [2.45, 2.75) is 62.6 Å². The normalized spacial score (nSPS) is 16.7. The smallest absolute Gasteiger partial charge is 0.256 e. The van der Waals surface area contributed by atoms with E-state index in [9.17, 15) is 18.5 Å². The summed E-state index contributed by atoms with van der Waals surface area (Å²) in [6.45, 7) is 2.43. The Morgan fingerprint density at radius 1 is 1.11 bits per heavy atom. The Morgan fingerprint density at radius 2 is 1.82 bits per heavy atom. The molecule has 5 rings (SSSR count). The van der Waals surface area contributed by atoms with Crippen molar-refractivity contribution < 1.29 is 13.2 Å². The predicted molar refractivity (Wildman–Crippen MR) is 150 cm³/mol. The molecule has 2 heterocycles. The van der Waals surface area contributed by atoms with E-state index in [2.05, 4.69) is 28.4 Å². The van der Waals surface area contributed by atoms with Gasteiger partial charge in [-0.25, -0.2) is 8.42 Å². The molecule has 1 aromatic heterocycles. The van der Waals surface area contributed by atoms with Gasteiger partial charge in [0.1, 0.15) is 11.1 Å². The molecule has 0 unspecified atom stereocenters. The van der Waals surface area contributed by atoms with Crippen LogP contribution in [-0.2, 0) is 29.5 Å². The van der Waals surface area contributed by atoms with Gasteiger partial charge < -0.3 is 5.32 Å². The molecular weight excluding hydrogens is 516 g/mol. The maximum Gasteiger partial charge on any atom is 0.256 e. The molecule has 7 nitrogen and oxygen atoms in total. The SMILES string of the molecule is CN(C1CCCCC1)S(=O)(=O)c1ccc(C(=O)Nc2sc3c(c2C#N)CCN(Cc2ccccc2)C3)cc1. The maximum absolute atomic E-state index is 13.1. The van der Waals surface area contributed by atoms with E-state index in [4.69, 9.17) is 0 Å². The zero-order chi connectivity index (χ0) is 26.7. The molecule has 1 amide bonds. The van der Waals surface area contributed by atoms with Gasteiger partial charge in [-0.2, -0.15) is 9.57 Å². The number of amides is 1. The van der Waals surface area contributed by atoms with E-state index in [-0.39, 0.29) is 16.8 Å². The van der Waals surface area contributed by atoms with Crippen LogP contribution in [0.5, 0.6) is 0 Å². The average Bonchev–Trinajstić information content (AvgIpc) is 3.29. The van der Waals surface area contributed by atoms with Crippen molar-refractivity contribution in [3.05, 3.63) is 81.7 Å². The van der Waals surface area contributed by atoms with Gasteiger partial charge in [0.05, 0.1) is 10.5 Å². The summed E-state index contributed by atoms with van der Waals surface area (Å²) in [7, 11) is -1.98. The third-order valence-corrected chi connectivity index (χ3v) is 10.7. The van der Waals surface area contributed by atoms with E-state index in [1.54, 1.807) is 7.05 Å². The first-order chi connectivity index (χ1) is 18.4. The number of nitrogens with zero attached hydrogens (tertiary/aromatic N) is 3. The second-order valence-electron chi connectivity index (χ2n) is 10.1. The summed E-state index contributed by atoms with van der Waals surface area (Å²) >= 11 is 1.45. The minimum Gasteiger partial charge on any atom is -0.312 e. The highest BCUT2D eigenvalue weighted by Gasteiger charge is 2.29. The lowest BCUT2D eigenvalue weighted by molar-refractivity contribution is 0.102. The van der Waals surface area contributed by atoms with Crippen molar-refractivity contribution in [3.63, 3.8) is 0 Å². The fourth-order valence-corrected chi connectivity index (χ4v) is 8.05. The zero-order valence-electron chi connectivity index (χ0n) is 21.5. The molecule has 0 saturated heterocycles. The molecular formula is C29H32N4O3S2. The molecule has 1 fully saturated rings. The molecule has 0 spiro atoms. The second kappa shape index (κ2) is 11.4. The van der Waals surface area contributed by atoms with Crippen LogP contribution in [0, 0.1) is 11.3 Å². The molecule has 198 valence electrons. The van der Waals surface area contributed by atoms with Crippen molar-refractivity contribution in [3.8, 4) is 6.07 Å². The Kier molecular flexibility index (Phi) is 7.96. The van der Waals surface area contributed by atoms with E-state index < -0.39 is 10.0 Å². The Balaban J connectivity index is 1.28. The van der Waals surface area contributed by atoms with Gasteiger partial charge in [0.15, 0.2) is 0 Å². The van der Waals surface area contributed by atoms with E-state index >= 15 is 0 Å². The molecule has 0 bridgehead atoms. The molecule has 38 heavy (non-hydrogen) atoms. The minimum atomic E-state index is -3.62. The lowest BCUT2D eigenvalue weighted by Crippen LogP contribution is -2.38. The highest BCUT2D eigenvalue weighted by atomic mass is 32.2. The summed E-state index contributed by atoms with van der Waals surface area (Å²) in [5.41, 5.74) is 3.15. The van der Waals surface area contributed by atoms with Gasteiger partial charge in [-0.1, -0.05) is 49.6 Å². The van der Waals surface area contributed by atoms with Crippen molar-refractivity contribution >= 4 is 32.3 Å². The number of sulfonamides is 1. The molecule has 1 saturated carbocycles. The molecule has 0 atom stereocenters. The number of hydrogen-bond acceptors (Lipinski definition) is 6. The minimum absolute atomic E-state index is 0.0228. The lowest BCUT2D eigenvalue weighted by atomic mass is 9.96. The standard InChI is InChI=1S/C29H32N4O3S2/c1-32(23-10-6-3-7-11-23)38(35,36)24-14-12-22(13-15-24)28(34)31-29-26(18-30)25-16-17-33(20-27(25)37-29)19-21-8-4-2-5-9-21/h2,4-5,8-9,12-15,23H,3,6-7,10-11,16-17,19-20H2,1H3,(H,31,34). The van der Waals surface area contributed by atoms with Crippen LogP contribution in [0.25, 0.3) is 0 Å². The zero-order valence-corrected chi connectivity index (χ0v) is 23.2. The average molecular weight is 549 g/mol. The summed E-state index contributed by atoms with van der Waals surface area (Å²) in [4.78, 5) is 16.7. The van der Waals surface area contributed by atoms with E-state index in [1.807, 2.05) is 18.2 Å². The second-order valence-corrected chi connectivity index (χ2v) is 13.2. The van der Waals surface area contributed by atoms with Gasteiger partial charge in [0.25, 0.3) is 5.91 Å². The van der Waals surface area contributed by atoms with Crippen molar-refractivity contribution in [1.29, 1.82) is 5.26 Å². The van der Waals surface area contributed by atoms with Crippen LogP contribution >= 0.6 is 11.3 Å². The van der Waals surface area contributed by atoms with Crippen LogP contribution in [0.1, 0.15) is 64.0 Å². The van der Waals surface area contributed by atoms with Crippen LogP contribution in [0.2, 0.25) is 0 Å². The number of fused-ring (bicyclic) bond motifs is 1. The van der Waals surface area contributed by atoms with Crippen molar-refractivity contribution in [2.24, 2.45) is 0 Å². The van der Waals surface area contributed by atoms with Gasteiger partial charge in [-0.3, -0.25) is 9.69 Å². The predicted octanol–water partition coefficient (Wildman–Crippen LogP) is 5.38. The Hall–Kier alpha value is -3.03. The van der Waals surface area contributed by atoms with E-state index in [0.29, 0.717) is 16.1 Å². The molecule has 1 aliphatic carbocycles. The Bertz CT molecular complexity index is 1440. The molecule has 2 aliphatic rings. The number of benzene rings is 2. The van der Waals surface area contributed by atoms with E-state index in [0.717, 1.165) is 68.6 Å². The molecule has 2 aromatic carbocycles. The van der Waals surface area contributed by atoms with Gasteiger partial charge in [0, 0.05) is 43.2 Å². The number of rotatable bonds is 7. The third-order valence-electron chi connectivity index (χ3n) is 7.61. The monoisotopic (exact) mass is 548 g/mol. The van der Waals surface area contributed by atoms with Crippen LogP contribution in [0.15, 0.2) is 59.5 Å². The molecule has 1 N–H and O–H groups in total. The van der Waals surface area contributed by atoms with Gasteiger partial charge >= 0.3 is 0 Å². The van der Waals surface area contributed by atoms with Crippen LogP contribution < -0.4 is 5.32 Å². The highest BCUT2D eigenvalue weighted by molar-refractivity contribution is 7.89. The first-order valence-corrected chi connectivity index (χ1v) is 15.3. The first-order valence-electron chi connectivity index (χ1n) is 13.1. The lowest BCUT2D eigenvalue weighted by Gasteiger charge is -2.30. The first kappa shape index (κ1) is 26.6. The number of hydrogen-bond donors (Lipinski definition) is 1. The summed E-state index contributed by atoms with van der Waals surface area (Å²) in [6.07, 6.45) is 5.77. The topological polar surface area (TPSA) is 93.5 Å². The van der Waals surface area contributed by atoms with Crippen LogP contribution in [-0.4, -0.2) is 43.2 Å². The fourth-order valence-electron chi connectivity index (χ4n) is 5.40. The maximum atomic E-state index is 13.1. The highest BCUT2D eigenvalue weighted by Crippen LogP contribution is 2.37. The summed E-state index contributed by atoms with van der Waals surface area (Å²) in [6, 6.07) is 18.7. The fraction of sp³-hybridized carbons (Fsp3) is 0.379. The van der Waals surface area contributed by atoms with Crippen molar-refractivity contribution in [1.82, 2.24) is 9.21 Å². The Morgan fingerprint density at radius 3 is 2.50 bits per heavy atom.